The number of halogens is 1. The third-order valence-corrected chi connectivity index (χ3v) is 3.18. The Morgan fingerprint density at radius 1 is 1.40 bits per heavy atom. The van der Waals surface area contributed by atoms with Crippen molar-refractivity contribution in [2.75, 3.05) is 14.2 Å². The number of rotatable bonds is 5. The minimum absolute atomic E-state index is 0.554. The monoisotopic (exact) mass is 166 g/mol. The van der Waals surface area contributed by atoms with E-state index in [-0.39, 0.29) is 0 Å². The van der Waals surface area contributed by atoms with Crippen molar-refractivity contribution < 1.29 is 13.2 Å². The Morgan fingerprint density at radius 2 is 1.90 bits per heavy atom. The van der Waals surface area contributed by atoms with Crippen LogP contribution in [0.5, 0.6) is 0 Å². The van der Waals surface area contributed by atoms with Gasteiger partial charge in [-0.05, 0) is 6.42 Å². The Bertz CT molecular complexity index is 78.1. The van der Waals surface area contributed by atoms with Crippen LogP contribution < -0.4 is 0 Å². The van der Waals surface area contributed by atoms with Crippen molar-refractivity contribution in [3.63, 3.8) is 0 Å². The summed E-state index contributed by atoms with van der Waals surface area (Å²) in [5.41, 5.74) is 0. The van der Waals surface area contributed by atoms with Crippen LogP contribution in [0.2, 0.25) is 0 Å². The van der Waals surface area contributed by atoms with Crippen LogP contribution in [-0.4, -0.2) is 29.3 Å². The van der Waals surface area contributed by atoms with Crippen molar-refractivity contribution in [2.45, 2.75) is 25.6 Å². The van der Waals surface area contributed by atoms with E-state index in [1.165, 1.54) is 14.2 Å². The molecule has 0 aliphatic carbocycles. The van der Waals surface area contributed by atoms with Gasteiger partial charge in [0.05, 0.1) is 0 Å². The molecule has 0 fully saturated rings. The van der Waals surface area contributed by atoms with Gasteiger partial charge in [-0.3, -0.25) is 0 Å². The highest BCUT2D eigenvalue weighted by molar-refractivity contribution is 6.45. The van der Waals surface area contributed by atoms with Crippen LogP contribution in [0.3, 0.4) is 0 Å². The molecule has 4 heteroatoms. The maximum absolute atomic E-state index is 12.9. The molecule has 1 atom stereocenters. The first-order valence-corrected chi connectivity index (χ1v) is 5.06. The molecule has 0 N–H and O–H groups in total. The zero-order valence-electron chi connectivity index (χ0n) is 6.76. The third-order valence-electron chi connectivity index (χ3n) is 1.32. The van der Waals surface area contributed by atoms with Gasteiger partial charge in [-0.1, -0.05) is 13.3 Å². The Kier molecular flexibility index (Phi) is 5.86. The summed E-state index contributed by atoms with van der Waals surface area (Å²) in [6.45, 7) is 1.95. The Hall–Kier alpha value is 0.0669. The van der Waals surface area contributed by atoms with Crippen LogP contribution in [-0.2, 0) is 8.85 Å². The molecule has 0 saturated carbocycles. The van der Waals surface area contributed by atoms with E-state index >= 15 is 0 Å². The van der Waals surface area contributed by atoms with Gasteiger partial charge in [0.25, 0.3) is 0 Å². The molecule has 0 spiro atoms. The normalized spacial score (nSPS) is 14.1. The standard InChI is InChI=1S/C6H15FO2Si/c1-4-5-6(7)10(8-2)9-3/h6,10H,4-5H2,1-3H3. The van der Waals surface area contributed by atoms with Crippen LogP contribution in [0.1, 0.15) is 19.8 Å². The molecule has 0 aliphatic heterocycles. The molecule has 0 amide bonds. The van der Waals surface area contributed by atoms with Crippen molar-refractivity contribution >= 4 is 9.28 Å². The van der Waals surface area contributed by atoms with Crippen molar-refractivity contribution in [1.29, 1.82) is 0 Å². The molecule has 1 unspecified atom stereocenters. The first-order chi connectivity index (χ1) is 4.76. The minimum Gasteiger partial charge on any atom is -0.398 e. The summed E-state index contributed by atoms with van der Waals surface area (Å²) in [5.74, 6) is -0.861. The van der Waals surface area contributed by atoms with E-state index in [4.69, 9.17) is 8.85 Å². The van der Waals surface area contributed by atoms with Crippen molar-refractivity contribution in [1.82, 2.24) is 0 Å². The topological polar surface area (TPSA) is 18.5 Å². The van der Waals surface area contributed by atoms with Gasteiger partial charge < -0.3 is 8.85 Å². The lowest BCUT2D eigenvalue weighted by Gasteiger charge is -2.14. The molecule has 0 aromatic rings. The Labute approximate surface area is 63.2 Å². The van der Waals surface area contributed by atoms with Gasteiger partial charge in [-0.25, -0.2) is 4.39 Å². The van der Waals surface area contributed by atoms with Crippen LogP contribution in [0, 0.1) is 0 Å². The van der Waals surface area contributed by atoms with E-state index < -0.39 is 15.1 Å². The summed E-state index contributed by atoms with van der Waals surface area (Å²) < 4.78 is 22.6. The second kappa shape index (κ2) is 5.82. The summed E-state index contributed by atoms with van der Waals surface area (Å²) in [5, 5.41) is 0. The highest BCUT2D eigenvalue weighted by Crippen LogP contribution is 2.06. The van der Waals surface area contributed by atoms with Gasteiger partial charge in [0.2, 0.25) is 0 Å². The summed E-state index contributed by atoms with van der Waals surface area (Å²) >= 11 is 0. The SMILES string of the molecule is CCCC(F)[SiH](OC)OC. The van der Waals surface area contributed by atoms with Gasteiger partial charge in [0.1, 0.15) is 5.79 Å². The van der Waals surface area contributed by atoms with Gasteiger partial charge in [-0.2, -0.15) is 0 Å². The molecule has 0 heterocycles. The van der Waals surface area contributed by atoms with E-state index in [0.29, 0.717) is 6.42 Å². The maximum atomic E-state index is 12.9. The highest BCUT2D eigenvalue weighted by Gasteiger charge is 2.22. The fourth-order valence-electron chi connectivity index (χ4n) is 0.803. The van der Waals surface area contributed by atoms with Crippen molar-refractivity contribution in [3.8, 4) is 0 Å². The van der Waals surface area contributed by atoms with E-state index in [1.54, 1.807) is 0 Å². The molecule has 0 saturated heterocycles. The highest BCUT2D eigenvalue weighted by atomic mass is 28.3. The lowest BCUT2D eigenvalue weighted by molar-refractivity contribution is 0.224. The second-order valence-electron chi connectivity index (χ2n) is 2.14. The van der Waals surface area contributed by atoms with Gasteiger partial charge in [0.15, 0.2) is 0 Å². The molecule has 0 bridgehead atoms. The predicted octanol–water partition coefficient (Wildman–Crippen LogP) is 1.18. The molecule has 62 valence electrons. The van der Waals surface area contributed by atoms with E-state index in [2.05, 4.69) is 0 Å². The lowest BCUT2D eigenvalue weighted by Crippen LogP contribution is -2.31. The van der Waals surface area contributed by atoms with Crippen LogP contribution in [0.25, 0.3) is 0 Å². The Balaban J connectivity index is 3.53. The van der Waals surface area contributed by atoms with E-state index in [9.17, 15) is 4.39 Å². The van der Waals surface area contributed by atoms with Crippen LogP contribution >= 0.6 is 0 Å². The number of alkyl halides is 1. The fraction of sp³-hybridized carbons (Fsp3) is 1.00. The number of hydrogen-bond acceptors (Lipinski definition) is 2. The van der Waals surface area contributed by atoms with Crippen molar-refractivity contribution in [3.05, 3.63) is 0 Å². The zero-order chi connectivity index (χ0) is 7.98. The fourth-order valence-corrected chi connectivity index (χ4v) is 2.19. The zero-order valence-corrected chi connectivity index (χ0v) is 7.92. The van der Waals surface area contributed by atoms with Crippen molar-refractivity contribution in [2.24, 2.45) is 0 Å². The molecule has 10 heavy (non-hydrogen) atoms. The predicted molar refractivity (Wildman–Crippen MR) is 41.0 cm³/mol. The first kappa shape index (κ1) is 10.1. The molecule has 0 radical (unpaired) electrons. The molecule has 0 aromatic carbocycles. The largest absolute Gasteiger partial charge is 0.398 e. The van der Waals surface area contributed by atoms with E-state index in [1.807, 2.05) is 6.92 Å². The smallest absolute Gasteiger partial charge is 0.356 e. The first-order valence-electron chi connectivity index (χ1n) is 3.45. The van der Waals surface area contributed by atoms with Gasteiger partial charge >= 0.3 is 9.28 Å². The molecule has 0 rings (SSSR count). The lowest BCUT2D eigenvalue weighted by atomic mass is 10.4. The second-order valence-corrected chi connectivity index (χ2v) is 4.55. The summed E-state index contributed by atoms with van der Waals surface area (Å²) in [4.78, 5) is 0. The quantitative estimate of drug-likeness (QED) is 0.571. The Morgan fingerprint density at radius 3 is 2.20 bits per heavy atom. The van der Waals surface area contributed by atoms with Crippen LogP contribution in [0.15, 0.2) is 0 Å². The van der Waals surface area contributed by atoms with Crippen LogP contribution in [0.4, 0.5) is 4.39 Å². The number of hydrogen-bond donors (Lipinski definition) is 0. The molecular weight excluding hydrogens is 151 g/mol. The molecule has 2 nitrogen and oxygen atoms in total. The summed E-state index contributed by atoms with van der Waals surface area (Å²) in [6.07, 6.45) is 1.40. The maximum Gasteiger partial charge on any atom is 0.356 e. The summed E-state index contributed by atoms with van der Waals surface area (Å²) in [6, 6.07) is 0. The molecular formula is C6H15FO2Si. The summed E-state index contributed by atoms with van der Waals surface area (Å²) in [7, 11) is 1.03. The average molecular weight is 166 g/mol. The minimum atomic E-state index is -1.97. The van der Waals surface area contributed by atoms with Gasteiger partial charge in [-0.15, -0.1) is 0 Å². The molecule has 0 aromatic heterocycles. The van der Waals surface area contributed by atoms with E-state index in [0.717, 1.165) is 6.42 Å². The molecule has 0 aliphatic rings. The third kappa shape index (κ3) is 3.29. The average Bonchev–Trinajstić information content (AvgIpc) is 1.91. The van der Waals surface area contributed by atoms with Gasteiger partial charge in [0, 0.05) is 14.2 Å².